The molecule has 0 spiro atoms. The molecule has 0 radical (unpaired) electrons. The number of hydrogen-bond donors (Lipinski definition) is 2. The van der Waals surface area contributed by atoms with Crippen LogP contribution in [0.15, 0.2) is 24.5 Å². The molecule has 0 saturated carbocycles. The molecule has 1 saturated heterocycles. The van der Waals surface area contributed by atoms with Crippen molar-refractivity contribution in [3.8, 4) is 0 Å². The number of aryl methyl sites for hydroxylation is 1. The summed E-state index contributed by atoms with van der Waals surface area (Å²) >= 11 is 0. The van der Waals surface area contributed by atoms with Crippen molar-refractivity contribution in [2.24, 2.45) is 0 Å². The highest BCUT2D eigenvalue weighted by atomic mass is 16.5. The molecule has 2 N–H and O–H groups in total. The maximum atomic E-state index is 12.8. The highest BCUT2D eigenvalue weighted by molar-refractivity contribution is 5.93. The fraction of sp³-hybridized carbons (Fsp3) is 0.471. The Kier molecular flexibility index (Phi) is 4.73. The lowest BCUT2D eigenvalue weighted by Crippen LogP contribution is -2.49. The second kappa shape index (κ2) is 6.81. The van der Waals surface area contributed by atoms with Crippen LogP contribution in [0, 0.1) is 6.92 Å². The third-order valence-electron chi connectivity index (χ3n) is 4.24. The standard InChI is InChI=1S/C17H22N4O4/c1-12-3-4-14-19-13(9-21(14)8-12)16(23)20-5-6-25-11-17(24,10-20)7-15(22)18-2/h3-4,8-9,24H,5-7,10-11H2,1-2H3,(H,18,22). The van der Waals surface area contributed by atoms with E-state index in [4.69, 9.17) is 4.74 Å². The van der Waals surface area contributed by atoms with Gasteiger partial charge in [0.1, 0.15) is 16.9 Å². The Labute approximate surface area is 145 Å². The highest BCUT2D eigenvalue weighted by Gasteiger charge is 2.37. The Morgan fingerprint density at radius 3 is 2.96 bits per heavy atom. The number of imidazole rings is 1. The number of amides is 2. The van der Waals surface area contributed by atoms with Gasteiger partial charge in [-0.1, -0.05) is 6.07 Å². The number of ether oxygens (including phenoxy) is 1. The van der Waals surface area contributed by atoms with Crippen LogP contribution in [0.3, 0.4) is 0 Å². The molecule has 8 nitrogen and oxygen atoms in total. The Morgan fingerprint density at radius 2 is 2.20 bits per heavy atom. The van der Waals surface area contributed by atoms with E-state index in [0.29, 0.717) is 24.5 Å². The minimum Gasteiger partial charge on any atom is -0.385 e. The van der Waals surface area contributed by atoms with E-state index in [9.17, 15) is 14.7 Å². The van der Waals surface area contributed by atoms with E-state index in [1.54, 1.807) is 10.6 Å². The number of carbonyl (C=O) groups excluding carboxylic acids is 2. The van der Waals surface area contributed by atoms with Gasteiger partial charge in [0.15, 0.2) is 0 Å². The van der Waals surface area contributed by atoms with Gasteiger partial charge in [-0.05, 0) is 18.6 Å². The lowest BCUT2D eigenvalue weighted by Gasteiger charge is -2.29. The molecule has 25 heavy (non-hydrogen) atoms. The maximum absolute atomic E-state index is 12.8. The van der Waals surface area contributed by atoms with Gasteiger partial charge in [-0.15, -0.1) is 0 Å². The molecule has 2 aromatic heterocycles. The largest absolute Gasteiger partial charge is 0.385 e. The van der Waals surface area contributed by atoms with Gasteiger partial charge in [-0.25, -0.2) is 4.98 Å². The van der Waals surface area contributed by atoms with Crippen molar-refractivity contribution in [3.05, 3.63) is 35.8 Å². The van der Waals surface area contributed by atoms with Gasteiger partial charge < -0.3 is 24.5 Å². The summed E-state index contributed by atoms with van der Waals surface area (Å²) in [5.41, 5.74) is 0.629. The summed E-state index contributed by atoms with van der Waals surface area (Å²) < 4.78 is 7.20. The summed E-state index contributed by atoms with van der Waals surface area (Å²) in [7, 11) is 1.50. The summed E-state index contributed by atoms with van der Waals surface area (Å²) in [6, 6.07) is 3.78. The first-order chi connectivity index (χ1) is 11.9. The second-order valence-corrected chi connectivity index (χ2v) is 6.45. The van der Waals surface area contributed by atoms with E-state index in [2.05, 4.69) is 10.3 Å². The predicted molar refractivity (Wildman–Crippen MR) is 90.3 cm³/mol. The number of aromatic nitrogens is 2. The van der Waals surface area contributed by atoms with Crippen LogP contribution in [-0.4, -0.2) is 70.2 Å². The molecular formula is C17H22N4O4. The molecule has 1 aliphatic rings. The van der Waals surface area contributed by atoms with Crippen molar-refractivity contribution in [1.29, 1.82) is 0 Å². The van der Waals surface area contributed by atoms with Crippen LogP contribution >= 0.6 is 0 Å². The van der Waals surface area contributed by atoms with Gasteiger partial charge in [0, 0.05) is 26.0 Å². The zero-order chi connectivity index (χ0) is 18.0. The van der Waals surface area contributed by atoms with Gasteiger partial charge >= 0.3 is 0 Å². The van der Waals surface area contributed by atoms with E-state index in [0.717, 1.165) is 5.56 Å². The summed E-state index contributed by atoms with van der Waals surface area (Å²) in [6.07, 6.45) is 3.44. The van der Waals surface area contributed by atoms with Crippen molar-refractivity contribution in [1.82, 2.24) is 19.6 Å². The third-order valence-corrected chi connectivity index (χ3v) is 4.24. The van der Waals surface area contributed by atoms with E-state index in [1.807, 2.05) is 25.3 Å². The predicted octanol–water partition coefficient (Wildman–Crippen LogP) is -0.0177. The molecule has 1 unspecified atom stereocenters. The van der Waals surface area contributed by atoms with Gasteiger partial charge in [0.25, 0.3) is 5.91 Å². The smallest absolute Gasteiger partial charge is 0.274 e. The minimum atomic E-state index is -1.41. The molecule has 134 valence electrons. The SMILES string of the molecule is CNC(=O)CC1(O)COCCN(C(=O)c2cn3cc(C)ccc3n2)C1. The molecule has 1 atom stereocenters. The number of nitrogens with zero attached hydrogens (tertiary/aromatic N) is 3. The molecule has 1 fully saturated rings. The Hall–Kier alpha value is -2.45. The lowest BCUT2D eigenvalue weighted by molar-refractivity contribution is -0.128. The molecule has 0 aliphatic carbocycles. The molecule has 3 heterocycles. The molecule has 0 aromatic carbocycles. The number of hydrogen-bond acceptors (Lipinski definition) is 5. The quantitative estimate of drug-likeness (QED) is 0.814. The first-order valence-electron chi connectivity index (χ1n) is 8.15. The van der Waals surface area contributed by atoms with Crippen molar-refractivity contribution < 1.29 is 19.4 Å². The van der Waals surface area contributed by atoms with E-state index >= 15 is 0 Å². The Balaban J connectivity index is 1.82. The first kappa shape index (κ1) is 17.4. The third kappa shape index (κ3) is 3.80. The van der Waals surface area contributed by atoms with Crippen LogP contribution in [0.2, 0.25) is 0 Å². The van der Waals surface area contributed by atoms with Crippen molar-refractivity contribution >= 4 is 17.5 Å². The van der Waals surface area contributed by atoms with Crippen LogP contribution in [0.25, 0.3) is 5.65 Å². The maximum Gasteiger partial charge on any atom is 0.274 e. The van der Waals surface area contributed by atoms with E-state index in [-0.39, 0.29) is 31.4 Å². The number of pyridine rings is 1. The zero-order valence-electron chi connectivity index (χ0n) is 14.4. The average molecular weight is 346 g/mol. The van der Waals surface area contributed by atoms with Crippen molar-refractivity contribution in [2.75, 3.05) is 33.4 Å². The fourth-order valence-electron chi connectivity index (χ4n) is 2.95. The molecule has 1 aliphatic heterocycles. The Morgan fingerprint density at radius 1 is 1.40 bits per heavy atom. The zero-order valence-corrected chi connectivity index (χ0v) is 14.4. The van der Waals surface area contributed by atoms with Gasteiger partial charge in [0.2, 0.25) is 5.91 Å². The van der Waals surface area contributed by atoms with Gasteiger partial charge in [-0.2, -0.15) is 0 Å². The van der Waals surface area contributed by atoms with Crippen LogP contribution in [0.4, 0.5) is 0 Å². The lowest BCUT2D eigenvalue weighted by atomic mass is 9.99. The summed E-state index contributed by atoms with van der Waals surface area (Å²) in [4.78, 5) is 30.3. The Bertz CT molecular complexity index is 803. The molecule has 2 aromatic rings. The summed E-state index contributed by atoms with van der Waals surface area (Å²) in [5.74, 6) is -0.592. The first-order valence-corrected chi connectivity index (χ1v) is 8.15. The molecule has 0 bridgehead atoms. The van der Waals surface area contributed by atoms with Crippen LogP contribution < -0.4 is 5.32 Å². The van der Waals surface area contributed by atoms with Crippen molar-refractivity contribution in [3.63, 3.8) is 0 Å². The van der Waals surface area contributed by atoms with Crippen LogP contribution in [0.1, 0.15) is 22.5 Å². The normalized spacial score (nSPS) is 21.2. The summed E-state index contributed by atoms with van der Waals surface area (Å²) in [6.45, 7) is 2.63. The number of nitrogens with one attached hydrogen (secondary N) is 1. The van der Waals surface area contributed by atoms with Crippen LogP contribution in [0.5, 0.6) is 0 Å². The topological polar surface area (TPSA) is 96.2 Å². The van der Waals surface area contributed by atoms with E-state index in [1.165, 1.54) is 11.9 Å². The number of rotatable bonds is 3. The molecular weight excluding hydrogens is 324 g/mol. The number of fused-ring (bicyclic) bond motifs is 1. The fourth-order valence-corrected chi connectivity index (χ4v) is 2.95. The molecule has 3 rings (SSSR count). The van der Waals surface area contributed by atoms with Gasteiger partial charge in [-0.3, -0.25) is 9.59 Å². The highest BCUT2D eigenvalue weighted by Crippen LogP contribution is 2.19. The minimum absolute atomic E-state index is 0.00849. The second-order valence-electron chi connectivity index (χ2n) is 6.45. The summed E-state index contributed by atoms with van der Waals surface area (Å²) in [5, 5.41) is 13.2. The van der Waals surface area contributed by atoms with Gasteiger partial charge in [0.05, 0.1) is 26.2 Å². The van der Waals surface area contributed by atoms with E-state index < -0.39 is 5.60 Å². The number of β-amino-alcohol motifs (C(OH)–C–C–N with tert-alkyl or cyclic N) is 1. The van der Waals surface area contributed by atoms with Crippen molar-refractivity contribution in [2.45, 2.75) is 18.9 Å². The monoisotopic (exact) mass is 346 g/mol. The molecule has 8 heteroatoms. The average Bonchev–Trinajstić information content (AvgIpc) is 2.89. The number of carbonyl (C=O) groups is 2. The van der Waals surface area contributed by atoms with Crippen LogP contribution in [-0.2, 0) is 9.53 Å². The molecule has 2 amide bonds. The number of aliphatic hydroxyl groups is 1.